The summed E-state index contributed by atoms with van der Waals surface area (Å²) in [6.45, 7) is 2.15. The summed E-state index contributed by atoms with van der Waals surface area (Å²) in [5, 5.41) is 28.3. The molecule has 174 valence electrons. The number of carbonyl (C=O) groups is 2. The van der Waals surface area contributed by atoms with E-state index in [-0.39, 0.29) is 24.2 Å². The average molecular weight is 463 g/mol. The van der Waals surface area contributed by atoms with Crippen molar-refractivity contribution >= 4 is 23.4 Å². The van der Waals surface area contributed by atoms with Crippen LogP contribution in [0.25, 0.3) is 0 Å². The number of benzene rings is 1. The van der Waals surface area contributed by atoms with Gasteiger partial charge in [0.2, 0.25) is 5.91 Å². The number of nitrogens with one attached hydrogen (secondary N) is 2. The Morgan fingerprint density at radius 2 is 1.78 bits per heavy atom. The molecule has 0 unspecified atom stereocenters. The Morgan fingerprint density at radius 1 is 1.06 bits per heavy atom. The minimum Gasteiger partial charge on any atom is -0.480 e. The van der Waals surface area contributed by atoms with E-state index in [2.05, 4.69) is 17.6 Å². The van der Waals surface area contributed by atoms with E-state index in [1.807, 2.05) is 0 Å². The lowest BCUT2D eigenvalue weighted by atomic mass is 9.59. The quantitative estimate of drug-likeness (QED) is 0.550. The van der Waals surface area contributed by atoms with Crippen molar-refractivity contribution in [1.82, 2.24) is 10.6 Å². The molecule has 0 spiro atoms. The summed E-state index contributed by atoms with van der Waals surface area (Å²) in [7, 11) is 0. The molecule has 1 aromatic carbocycles. The highest BCUT2D eigenvalue weighted by molar-refractivity contribution is 6.30. The highest BCUT2D eigenvalue weighted by atomic mass is 35.5. The molecule has 0 aromatic heterocycles. The number of amides is 2. The minimum atomic E-state index is -0.828. The number of ether oxygens (including phenoxy) is 1. The van der Waals surface area contributed by atoms with Crippen molar-refractivity contribution < 1.29 is 24.5 Å². The number of aliphatic hydroxyl groups is 2. The van der Waals surface area contributed by atoms with E-state index < -0.39 is 29.4 Å². The van der Waals surface area contributed by atoms with Crippen LogP contribution in [0.15, 0.2) is 18.2 Å². The second kappa shape index (κ2) is 7.89. The molecule has 3 atom stereocenters. The molecule has 4 N–H and O–H groups in total. The van der Waals surface area contributed by atoms with Crippen LogP contribution < -0.4 is 15.4 Å². The van der Waals surface area contributed by atoms with Gasteiger partial charge in [0, 0.05) is 28.5 Å². The van der Waals surface area contributed by atoms with Crippen LogP contribution in [-0.2, 0) is 9.59 Å². The zero-order chi connectivity index (χ0) is 22.7. The van der Waals surface area contributed by atoms with Gasteiger partial charge in [-0.2, -0.15) is 0 Å². The predicted octanol–water partition coefficient (Wildman–Crippen LogP) is 2.62. The lowest BCUT2D eigenvalue weighted by Crippen LogP contribution is -2.71. The van der Waals surface area contributed by atoms with Gasteiger partial charge in [0.15, 0.2) is 6.10 Å². The van der Waals surface area contributed by atoms with Gasteiger partial charge >= 0.3 is 0 Å². The Morgan fingerprint density at radius 3 is 2.44 bits per heavy atom. The molecule has 0 saturated heterocycles. The number of aliphatic hydroxyl groups excluding tert-OH is 2. The first-order valence-corrected chi connectivity index (χ1v) is 12.0. The lowest BCUT2D eigenvalue weighted by Gasteiger charge is -2.57. The Bertz CT molecular complexity index is 923. The van der Waals surface area contributed by atoms with E-state index >= 15 is 0 Å². The molecule has 5 aliphatic rings. The van der Waals surface area contributed by atoms with Gasteiger partial charge in [-0.1, -0.05) is 18.5 Å². The van der Waals surface area contributed by atoms with Crippen molar-refractivity contribution in [2.24, 2.45) is 11.8 Å². The van der Waals surface area contributed by atoms with E-state index in [1.165, 1.54) is 0 Å². The van der Waals surface area contributed by atoms with Crippen LogP contribution in [0.2, 0.25) is 5.02 Å². The van der Waals surface area contributed by atoms with Gasteiger partial charge in [0.25, 0.3) is 5.91 Å². The SMILES string of the molecule is CC1CC(C(=O)NC23CCC(NC(=O)[C@H]4C[C@@H](O)c5cc(Cl)ccc5O4)(CC2)C[C@@H]3O)C1. The molecule has 8 heteroatoms. The molecule has 4 aliphatic carbocycles. The molecule has 1 aromatic rings. The highest BCUT2D eigenvalue weighted by Crippen LogP contribution is 2.48. The number of halogens is 1. The van der Waals surface area contributed by atoms with Crippen molar-refractivity contribution in [3.8, 4) is 5.75 Å². The molecule has 0 radical (unpaired) electrons. The van der Waals surface area contributed by atoms with E-state index in [0.717, 1.165) is 12.8 Å². The van der Waals surface area contributed by atoms with Gasteiger partial charge in [-0.15, -0.1) is 0 Å². The fourth-order valence-corrected chi connectivity index (χ4v) is 6.23. The van der Waals surface area contributed by atoms with Crippen molar-refractivity contribution in [1.29, 1.82) is 0 Å². The number of hydrogen-bond donors (Lipinski definition) is 4. The van der Waals surface area contributed by atoms with Gasteiger partial charge in [-0.3, -0.25) is 9.59 Å². The zero-order valence-corrected chi connectivity index (χ0v) is 19.0. The maximum Gasteiger partial charge on any atom is 0.261 e. The Labute approximate surface area is 192 Å². The van der Waals surface area contributed by atoms with E-state index in [4.69, 9.17) is 16.3 Å². The van der Waals surface area contributed by atoms with Crippen LogP contribution in [0.4, 0.5) is 0 Å². The molecular weight excluding hydrogens is 432 g/mol. The predicted molar refractivity (Wildman–Crippen MR) is 118 cm³/mol. The van der Waals surface area contributed by atoms with Gasteiger partial charge in [-0.05, 0) is 69.1 Å². The fraction of sp³-hybridized carbons (Fsp3) is 0.667. The van der Waals surface area contributed by atoms with Crippen LogP contribution >= 0.6 is 11.6 Å². The van der Waals surface area contributed by atoms with Crippen LogP contribution in [0.3, 0.4) is 0 Å². The summed E-state index contributed by atoms with van der Waals surface area (Å²) in [6.07, 6.45) is 2.71. The topological polar surface area (TPSA) is 108 Å². The maximum absolute atomic E-state index is 13.1. The Hall–Kier alpha value is -1.83. The maximum atomic E-state index is 13.1. The Kier molecular flexibility index (Phi) is 5.42. The number of fused-ring (bicyclic) bond motifs is 4. The summed E-state index contributed by atoms with van der Waals surface area (Å²) in [6, 6.07) is 5.00. The van der Waals surface area contributed by atoms with Gasteiger partial charge in [0.05, 0.1) is 17.7 Å². The second-order valence-corrected chi connectivity index (χ2v) is 10.9. The molecule has 7 nitrogen and oxygen atoms in total. The standard InChI is InChI=1S/C24H31ClN2O5/c1-13-8-14(9-13)21(30)27-24-6-4-23(5-7-24,12-20(24)29)26-22(31)19-11-17(28)16-10-15(25)2-3-18(16)32-19/h2-3,10,13-14,17,19-20,28-29H,4-9,11-12H2,1H3,(H,26,31)(H,27,30)/t13?,14?,17-,19-,20+,23?,24?/m1/s1. The summed E-state index contributed by atoms with van der Waals surface area (Å²) in [5.41, 5.74) is -0.507. The third-order valence-electron chi connectivity index (χ3n) is 8.16. The van der Waals surface area contributed by atoms with Crippen molar-refractivity contribution in [3.05, 3.63) is 28.8 Å². The van der Waals surface area contributed by atoms with Crippen LogP contribution in [0.1, 0.15) is 70.0 Å². The minimum absolute atomic E-state index is 0.0592. The molecule has 6 rings (SSSR count). The first-order chi connectivity index (χ1) is 15.2. The third kappa shape index (κ3) is 3.78. The normalized spacial score (nSPS) is 39.9. The largest absolute Gasteiger partial charge is 0.480 e. The second-order valence-electron chi connectivity index (χ2n) is 10.4. The van der Waals surface area contributed by atoms with Crippen LogP contribution in [0.5, 0.6) is 5.75 Å². The zero-order valence-electron chi connectivity index (χ0n) is 18.3. The lowest BCUT2D eigenvalue weighted by molar-refractivity contribution is -0.143. The fourth-order valence-electron chi connectivity index (χ4n) is 6.05. The molecule has 32 heavy (non-hydrogen) atoms. The molecule has 4 saturated carbocycles. The number of rotatable bonds is 4. The van der Waals surface area contributed by atoms with Gasteiger partial charge in [-0.25, -0.2) is 0 Å². The van der Waals surface area contributed by atoms with Crippen molar-refractivity contribution in [2.75, 3.05) is 0 Å². The molecule has 2 bridgehead atoms. The summed E-state index contributed by atoms with van der Waals surface area (Å²) in [5.74, 6) is 0.901. The summed E-state index contributed by atoms with van der Waals surface area (Å²) >= 11 is 6.01. The van der Waals surface area contributed by atoms with Gasteiger partial charge in [0.1, 0.15) is 5.75 Å². The van der Waals surface area contributed by atoms with Crippen LogP contribution in [0, 0.1) is 11.8 Å². The van der Waals surface area contributed by atoms with Crippen molar-refractivity contribution in [3.63, 3.8) is 0 Å². The van der Waals surface area contributed by atoms with Crippen molar-refractivity contribution in [2.45, 2.75) is 87.7 Å². The first kappa shape index (κ1) is 22.0. The molecular formula is C24H31ClN2O5. The molecule has 1 aliphatic heterocycles. The molecule has 2 amide bonds. The third-order valence-corrected chi connectivity index (χ3v) is 8.39. The Balaban J connectivity index is 1.22. The first-order valence-electron chi connectivity index (χ1n) is 11.6. The van der Waals surface area contributed by atoms with E-state index in [9.17, 15) is 19.8 Å². The summed E-state index contributed by atoms with van der Waals surface area (Å²) < 4.78 is 5.87. The smallest absolute Gasteiger partial charge is 0.261 e. The highest BCUT2D eigenvalue weighted by Gasteiger charge is 2.56. The summed E-state index contributed by atoms with van der Waals surface area (Å²) in [4.78, 5) is 25.7. The molecule has 4 fully saturated rings. The monoisotopic (exact) mass is 462 g/mol. The number of carbonyl (C=O) groups excluding carboxylic acids is 2. The van der Waals surface area contributed by atoms with E-state index in [0.29, 0.717) is 54.4 Å². The van der Waals surface area contributed by atoms with Gasteiger partial charge < -0.3 is 25.6 Å². The average Bonchev–Trinajstić information content (AvgIpc) is 2.73. The number of hydrogen-bond acceptors (Lipinski definition) is 5. The molecule has 1 heterocycles. The van der Waals surface area contributed by atoms with Crippen LogP contribution in [-0.4, -0.2) is 45.3 Å². The van der Waals surface area contributed by atoms with E-state index in [1.54, 1.807) is 18.2 Å².